The van der Waals surface area contributed by atoms with Gasteiger partial charge in [0.15, 0.2) is 0 Å². The Morgan fingerprint density at radius 3 is 2.53 bits per heavy atom. The van der Waals surface area contributed by atoms with Crippen molar-refractivity contribution >= 4 is 56.3 Å². The van der Waals surface area contributed by atoms with Crippen LogP contribution in [-0.2, 0) is 9.59 Å². The number of amides is 2. The molecule has 1 aromatic rings. The minimum atomic E-state index is -1.14. The molecule has 0 heterocycles. The van der Waals surface area contributed by atoms with Crippen molar-refractivity contribution in [2.75, 3.05) is 13.1 Å². The van der Waals surface area contributed by atoms with Gasteiger partial charge in [0.25, 0.3) is 5.91 Å². The van der Waals surface area contributed by atoms with Gasteiger partial charge in [-0.2, -0.15) is 0 Å². The number of carboxylic acids is 1. The molecule has 0 saturated carbocycles. The van der Waals surface area contributed by atoms with E-state index in [9.17, 15) is 14.4 Å². The lowest BCUT2D eigenvalue weighted by Gasteiger charge is -2.07. The van der Waals surface area contributed by atoms with Gasteiger partial charge in [-0.1, -0.05) is 0 Å². The molecule has 1 rings (SSSR count). The highest BCUT2D eigenvalue weighted by molar-refractivity contribution is 14.1. The van der Waals surface area contributed by atoms with Crippen LogP contribution in [0.1, 0.15) is 10.4 Å². The van der Waals surface area contributed by atoms with Crippen molar-refractivity contribution in [2.45, 2.75) is 0 Å². The van der Waals surface area contributed by atoms with Crippen LogP contribution in [0, 0.1) is 3.57 Å². The molecule has 0 saturated heterocycles. The lowest BCUT2D eigenvalue weighted by Crippen LogP contribution is -2.39. The van der Waals surface area contributed by atoms with Gasteiger partial charge in [-0.15, -0.1) is 0 Å². The van der Waals surface area contributed by atoms with Crippen molar-refractivity contribution < 1.29 is 19.5 Å². The van der Waals surface area contributed by atoms with Crippen LogP contribution in [0.2, 0.25) is 0 Å². The van der Waals surface area contributed by atoms with E-state index in [1.165, 1.54) is 0 Å². The van der Waals surface area contributed by atoms with Gasteiger partial charge in [-0.05, 0) is 56.7 Å². The van der Waals surface area contributed by atoms with Gasteiger partial charge in [0.2, 0.25) is 5.91 Å². The molecule has 8 heteroatoms. The second kappa shape index (κ2) is 7.43. The average Bonchev–Trinajstić information content (AvgIpc) is 2.36. The molecular weight excluding hydrogens is 431 g/mol. The number of benzene rings is 1. The Hall–Kier alpha value is -1.16. The maximum absolute atomic E-state index is 11.8. The summed E-state index contributed by atoms with van der Waals surface area (Å²) in [4.78, 5) is 33.3. The molecule has 19 heavy (non-hydrogen) atoms. The number of halogens is 2. The quantitative estimate of drug-likeness (QED) is 0.595. The number of carbonyl (C=O) groups is 3. The van der Waals surface area contributed by atoms with Crippen molar-refractivity contribution in [2.24, 2.45) is 0 Å². The Bertz CT molecular complexity index is 521. The first-order chi connectivity index (χ1) is 8.90. The summed E-state index contributed by atoms with van der Waals surface area (Å²) in [6.07, 6.45) is 0. The first-order valence-corrected chi connectivity index (χ1v) is 6.99. The van der Waals surface area contributed by atoms with Crippen molar-refractivity contribution in [3.8, 4) is 0 Å². The standard InChI is InChI=1S/C11H10BrIN2O4/c12-8-2-1-6(13)3-7(8)11(19)15-4-9(16)14-5-10(17)18/h1-3H,4-5H2,(H,14,16)(H,15,19)(H,17,18). The molecule has 0 radical (unpaired) electrons. The molecule has 0 aromatic heterocycles. The number of carbonyl (C=O) groups excluding carboxylic acids is 2. The van der Waals surface area contributed by atoms with Crippen LogP contribution in [0.5, 0.6) is 0 Å². The molecule has 1 aromatic carbocycles. The van der Waals surface area contributed by atoms with Crippen LogP contribution < -0.4 is 10.6 Å². The Balaban J connectivity index is 2.53. The maximum Gasteiger partial charge on any atom is 0.322 e. The second-order valence-electron chi connectivity index (χ2n) is 3.48. The lowest BCUT2D eigenvalue weighted by atomic mass is 10.2. The largest absolute Gasteiger partial charge is 0.480 e. The molecule has 0 aliphatic rings. The number of rotatable bonds is 5. The summed E-state index contributed by atoms with van der Waals surface area (Å²) in [6, 6.07) is 5.25. The Morgan fingerprint density at radius 2 is 1.89 bits per heavy atom. The van der Waals surface area contributed by atoms with Gasteiger partial charge in [0, 0.05) is 8.04 Å². The van der Waals surface area contributed by atoms with E-state index >= 15 is 0 Å². The third-order valence-electron chi connectivity index (χ3n) is 2.02. The maximum atomic E-state index is 11.8. The number of aliphatic carboxylic acids is 1. The summed E-state index contributed by atoms with van der Waals surface area (Å²) >= 11 is 5.32. The third-order valence-corrected chi connectivity index (χ3v) is 3.38. The third kappa shape index (κ3) is 5.55. The fourth-order valence-electron chi connectivity index (χ4n) is 1.16. The van der Waals surface area contributed by atoms with Gasteiger partial charge in [-0.25, -0.2) is 0 Å². The highest BCUT2D eigenvalue weighted by Gasteiger charge is 2.12. The van der Waals surface area contributed by atoms with Crippen LogP contribution in [0.15, 0.2) is 22.7 Å². The average molecular weight is 441 g/mol. The number of hydrogen-bond donors (Lipinski definition) is 3. The highest BCUT2D eigenvalue weighted by Crippen LogP contribution is 2.19. The summed E-state index contributed by atoms with van der Waals surface area (Å²) in [5.41, 5.74) is 0.415. The van der Waals surface area contributed by atoms with E-state index in [4.69, 9.17) is 5.11 Å². The van der Waals surface area contributed by atoms with Crippen molar-refractivity contribution in [1.82, 2.24) is 10.6 Å². The predicted octanol–water partition coefficient (Wildman–Crippen LogP) is 0.984. The Labute approximate surface area is 131 Å². The van der Waals surface area contributed by atoms with Gasteiger partial charge in [0.05, 0.1) is 12.1 Å². The molecule has 0 aliphatic heterocycles. The first kappa shape index (κ1) is 15.9. The minimum absolute atomic E-state index is 0.274. The highest BCUT2D eigenvalue weighted by atomic mass is 127. The molecule has 0 spiro atoms. The summed E-state index contributed by atoms with van der Waals surface area (Å²) < 4.78 is 1.51. The normalized spacial score (nSPS) is 9.79. The zero-order valence-corrected chi connectivity index (χ0v) is 13.3. The monoisotopic (exact) mass is 440 g/mol. The van der Waals surface area contributed by atoms with E-state index in [2.05, 4.69) is 49.2 Å². The first-order valence-electron chi connectivity index (χ1n) is 5.12. The van der Waals surface area contributed by atoms with Crippen LogP contribution in [0.3, 0.4) is 0 Å². The zero-order valence-electron chi connectivity index (χ0n) is 9.57. The molecule has 3 N–H and O–H groups in total. The van der Waals surface area contributed by atoms with Crippen LogP contribution in [0.25, 0.3) is 0 Å². The Kier molecular flexibility index (Phi) is 6.22. The van der Waals surface area contributed by atoms with Crippen molar-refractivity contribution in [3.63, 3.8) is 0 Å². The predicted molar refractivity (Wildman–Crippen MR) is 79.8 cm³/mol. The summed E-state index contributed by atoms with van der Waals surface area (Å²) in [7, 11) is 0. The molecule has 2 amide bonds. The topological polar surface area (TPSA) is 95.5 Å². The number of nitrogens with one attached hydrogen (secondary N) is 2. The molecule has 0 atom stereocenters. The van der Waals surface area contributed by atoms with E-state index in [-0.39, 0.29) is 6.54 Å². The summed E-state index contributed by atoms with van der Waals surface area (Å²) in [6.45, 7) is -0.744. The van der Waals surface area contributed by atoms with Crippen LogP contribution in [-0.4, -0.2) is 36.0 Å². The molecular formula is C11H10BrIN2O4. The lowest BCUT2D eigenvalue weighted by molar-refractivity contribution is -0.137. The Morgan fingerprint density at radius 1 is 1.21 bits per heavy atom. The van der Waals surface area contributed by atoms with Gasteiger partial charge in [0.1, 0.15) is 6.54 Å². The smallest absolute Gasteiger partial charge is 0.322 e. The zero-order chi connectivity index (χ0) is 14.4. The van der Waals surface area contributed by atoms with E-state index in [0.717, 1.165) is 3.57 Å². The van der Waals surface area contributed by atoms with Gasteiger partial charge >= 0.3 is 5.97 Å². The molecule has 0 fully saturated rings. The SMILES string of the molecule is O=C(O)CNC(=O)CNC(=O)c1cc(I)ccc1Br. The molecule has 0 aliphatic carbocycles. The van der Waals surface area contributed by atoms with Crippen LogP contribution >= 0.6 is 38.5 Å². The van der Waals surface area contributed by atoms with Crippen molar-refractivity contribution in [1.29, 1.82) is 0 Å². The second-order valence-corrected chi connectivity index (χ2v) is 5.58. The van der Waals surface area contributed by atoms with E-state index in [1.54, 1.807) is 12.1 Å². The molecule has 6 nitrogen and oxygen atoms in total. The van der Waals surface area contributed by atoms with Crippen LogP contribution in [0.4, 0.5) is 0 Å². The van der Waals surface area contributed by atoms with Gasteiger partial charge in [-0.3, -0.25) is 14.4 Å². The number of hydrogen-bond acceptors (Lipinski definition) is 3. The number of carboxylic acid groups (broad SMARTS) is 1. The van der Waals surface area contributed by atoms with Crippen molar-refractivity contribution in [3.05, 3.63) is 31.8 Å². The van der Waals surface area contributed by atoms with E-state index in [1.807, 2.05) is 6.07 Å². The van der Waals surface area contributed by atoms with E-state index < -0.39 is 24.3 Å². The van der Waals surface area contributed by atoms with Gasteiger partial charge < -0.3 is 15.7 Å². The fraction of sp³-hybridized carbons (Fsp3) is 0.182. The molecule has 0 unspecified atom stereocenters. The minimum Gasteiger partial charge on any atom is -0.480 e. The molecule has 102 valence electrons. The summed E-state index contributed by atoms with van der Waals surface area (Å²) in [5.74, 6) is -2.10. The molecule has 0 bridgehead atoms. The fourth-order valence-corrected chi connectivity index (χ4v) is 2.08. The summed E-state index contributed by atoms with van der Waals surface area (Å²) in [5, 5.41) is 12.9. The van der Waals surface area contributed by atoms with E-state index in [0.29, 0.717) is 10.0 Å².